The van der Waals surface area contributed by atoms with E-state index < -0.39 is 0 Å². The predicted molar refractivity (Wildman–Crippen MR) is 77.5 cm³/mol. The molecule has 0 radical (unpaired) electrons. The van der Waals surface area contributed by atoms with Crippen LogP contribution in [0.5, 0.6) is 0 Å². The van der Waals surface area contributed by atoms with E-state index >= 15 is 0 Å². The third-order valence-corrected chi connectivity index (χ3v) is 3.43. The Morgan fingerprint density at radius 2 is 2.26 bits per heavy atom. The first-order chi connectivity index (χ1) is 9.22. The van der Waals surface area contributed by atoms with Gasteiger partial charge in [0.2, 0.25) is 5.91 Å². The molecule has 108 valence electrons. The van der Waals surface area contributed by atoms with E-state index in [-0.39, 0.29) is 5.91 Å². The van der Waals surface area contributed by atoms with Gasteiger partial charge in [0.1, 0.15) is 0 Å². The summed E-state index contributed by atoms with van der Waals surface area (Å²) < 4.78 is 4.91. The number of hydrogen-bond acceptors (Lipinski definition) is 5. The average molecular weight is 285 g/mol. The molecule has 0 saturated heterocycles. The molecular formula is C13H23N3O2S. The van der Waals surface area contributed by atoms with Crippen LogP contribution in [0, 0.1) is 6.92 Å². The van der Waals surface area contributed by atoms with Crippen molar-refractivity contribution in [3.8, 4) is 0 Å². The molecule has 1 aromatic heterocycles. The fraction of sp³-hybridized carbons (Fsp3) is 0.692. The van der Waals surface area contributed by atoms with E-state index in [0.29, 0.717) is 19.6 Å². The van der Waals surface area contributed by atoms with Crippen molar-refractivity contribution in [1.29, 1.82) is 0 Å². The maximum absolute atomic E-state index is 11.5. The summed E-state index contributed by atoms with van der Waals surface area (Å²) >= 11 is 1.66. The summed E-state index contributed by atoms with van der Waals surface area (Å²) in [6.45, 7) is 4.95. The second kappa shape index (κ2) is 9.89. The molecule has 0 unspecified atom stereocenters. The Hall–Kier alpha value is -0.980. The monoisotopic (exact) mass is 285 g/mol. The summed E-state index contributed by atoms with van der Waals surface area (Å²) in [5.74, 6) is 0.112. The maximum atomic E-state index is 11.5. The van der Waals surface area contributed by atoms with Crippen molar-refractivity contribution in [2.45, 2.75) is 26.2 Å². The topological polar surface area (TPSA) is 63.2 Å². The Balaban J connectivity index is 1.96. The normalized spacial score (nSPS) is 10.6. The highest BCUT2D eigenvalue weighted by Crippen LogP contribution is 2.10. The number of carbonyl (C=O) groups excluding carboxylic acids is 1. The lowest BCUT2D eigenvalue weighted by molar-refractivity contribution is -0.121. The number of rotatable bonds is 10. The molecule has 19 heavy (non-hydrogen) atoms. The van der Waals surface area contributed by atoms with Crippen LogP contribution in [0.3, 0.4) is 0 Å². The molecule has 0 spiro atoms. The van der Waals surface area contributed by atoms with Crippen LogP contribution in [-0.2, 0) is 16.0 Å². The number of methoxy groups -OCH3 is 1. The molecule has 0 aromatic carbocycles. The molecule has 5 nitrogen and oxygen atoms in total. The molecule has 1 aromatic rings. The second-order valence-corrected chi connectivity index (χ2v) is 5.37. The first-order valence-electron chi connectivity index (χ1n) is 6.59. The number of aromatic nitrogens is 1. The molecule has 0 saturated carbocycles. The van der Waals surface area contributed by atoms with Crippen molar-refractivity contribution in [3.63, 3.8) is 0 Å². The largest absolute Gasteiger partial charge is 0.383 e. The van der Waals surface area contributed by atoms with Crippen LogP contribution in [0.4, 0.5) is 0 Å². The van der Waals surface area contributed by atoms with Gasteiger partial charge in [0.15, 0.2) is 0 Å². The number of carbonyl (C=O) groups is 1. The highest BCUT2D eigenvalue weighted by atomic mass is 32.1. The molecule has 0 bridgehead atoms. The van der Waals surface area contributed by atoms with Crippen LogP contribution in [0.1, 0.15) is 23.5 Å². The zero-order valence-electron chi connectivity index (χ0n) is 11.7. The molecule has 1 amide bonds. The first kappa shape index (κ1) is 16.1. The van der Waals surface area contributed by atoms with Gasteiger partial charge in [0, 0.05) is 38.5 Å². The van der Waals surface area contributed by atoms with Crippen LogP contribution in [0.25, 0.3) is 0 Å². The fourth-order valence-electron chi connectivity index (χ4n) is 1.63. The van der Waals surface area contributed by atoms with Crippen molar-refractivity contribution in [1.82, 2.24) is 15.6 Å². The van der Waals surface area contributed by atoms with Crippen molar-refractivity contribution in [2.24, 2.45) is 0 Å². The highest BCUT2D eigenvalue weighted by Gasteiger charge is 2.02. The standard InChI is InChI=1S/C13H23N3O2S/c1-11-16-12(10-19-11)4-3-5-13(17)15-7-6-14-8-9-18-2/h10,14H,3-9H2,1-2H3,(H,15,17). The van der Waals surface area contributed by atoms with Crippen LogP contribution in [-0.4, -0.2) is 44.2 Å². The first-order valence-corrected chi connectivity index (χ1v) is 7.47. The summed E-state index contributed by atoms with van der Waals surface area (Å²) in [6, 6.07) is 0. The molecule has 2 N–H and O–H groups in total. The lowest BCUT2D eigenvalue weighted by Crippen LogP contribution is -2.32. The Kier molecular flexibility index (Phi) is 8.36. The minimum absolute atomic E-state index is 0.112. The molecule has 1 rings (SSSR count). The van der Waals surface area contributed by atoms with E-state index in [4.69, 9.17) is 4.74 Å². The third kappa shape index (κ3) is 7.92. The van der Waals surface area contributed by atoms with E-state index in [1.165, 1.54) is 0 Å². The summed E-state index contributed by atoms with van der Waals surface area (Å²) in [6.07, 6.45) is 2.30. The number of nitrogens with one attached hydrogen (secondary N) is 2. The SMILES string of the molecule is COCCNCCNC(=O)CCCc1csc(C)n1. The molecule has 0 aliphatic carbocycles. The van der Waals surface area contributed by atoms with Gasteiger partial charge in [-0.2, -0.15) is 0 Å². The number of ether oxygens (including phenoxy) is 1. The van der Waals surface area contributed by atoms with E-state index in [2.05, 4.69) is 21.0 Å². The number of hydrogen-bond donors (Lipinski definition) is 2. The minimum Gasteiger partial charge on any atom is -0.383 e. The van der Waals surface area contributed by atoms with E-state index in [0.717, 1.165) is 36.6 Å². The van der Waals surface area contributed by atoms with Crippen LogP contribution < -0.4 is 10.6 Å². The maximum Gasteiger partial charge on any atom is 0.220 e. The molecule has 0 atom stereocenters. The Morgan fingerprint density at radius 1 is 1.42 bits per heavy atom. The Bertz CT molecular complexity index is 369. The van der Waals surface area contributed by atoms with E-state index in [1.807, 2.05) is 6.92 Å². The summed E-state index contributed by atoms with van der Waals surface area (Å²) in [7, 11) is 1.67. The lowest BCUT2D eigenvalue weighted by atomic mass is 10.2. The number of aryl methyl sites for hydroxylation is 2. The zero-order chi connectivity index (χ0) is 13.9. The van der Waals surface area contributed by atoms with Gasteiger partial charge in [-0.25, -0.2) is 4.98 Å². The van der Waals surface area contributed by atoms with Crippen molar-refractivity contribution >= 4 is 17.2 Å². The fourth-order valence-corrected chi connectivity index (χ4v) is 2.28. The molecule has 0 aliphatic heterocycles. The third-order valence-electron chi connectivity index (χ3n) is 2.61. The van der Waals surface area contributed by atoms with Gasteiger partial charge in [0.25, 0.3) is 0 Å². The van der Waals surface area contributed by atoms with Crippen LogP contribution in [0.15, 0.2) is 5.38 Å². The quantitative estimate of drug-likeness (QED) is 0.633. The molecular weight excluding hydrogens is 262 g/mol. The number of nitrogens with zero attached hydrogens (tertiary/aromatic N) is 1. The second-order valence-electron chi connectivity index (χ2n) is 4.30. The van der Waals surface area contributed by atoms with Gasteiger partial charge >= 0.3 is 0 Å². The smallest absolute Gasteiger partial charge is 0.220 e. The highest BCUT2D eigenvalue weighted by molar-refractivity contribution is 7.09. The van der Waals surface area contributed by atoms with Crippen LogP contribution >= 0.6 is 11.3 Å². The van der Waals surface area contributed by atoms with Crippen molar-refractivity contribution in [2.75, 3.05) is 33.4 Å². The molecule has 1 heterocycles. The predicted octanol–water partition coefficient (Wildman–Crippen LogP) is 1.13. The van der Waals surface area contributed by atoms with E-state index in [9.17, 15) is 4.79 Å². The molecule has 6 heteroatoms. The Labute approximate surface area is 118 Å². The van der Waals surface area contributed by atoms with Crippen molar-refractivity contribution in [3.05, 3.63) is 16.1 Å². The number of amides is 1. The van der Waals surface area contributed by atoms with Gasteiger partial charge in [-0.1, -0.05) is 0 Å². The number of thiazole rings is 1. The minimum atomic E-state index is 0.112. The summed E-state index contributed by atoms with van der Waals surface area (Å²) in [5.41, 5.74) is 1.09. The van der Waals surface area contributed by atoms with Crippen LogP contribution in [0.2, 0.25) is 0 Å². The summed E-state index contributed by atoms with van der Waals surface area (Å²) in [5, 5.41) is 9.22. The molecule has 0 aliphatic rings. The summed E-state index contributed by atoms with van der Waals surface area (Å²) in [4.78, 5) is 15.9. The van der Waals surface area contributed by atoms with Crippen molar-refractivity contribution < 1.29 is 9.53 Å². The lowest BCUT2D eigenvalue weighted by Gasteiger charge is -2.06. The Morgan fingerprint density at radius 3 is 2.95 bits per heavy atom. The van der Waals surface area contributed by atoms with Gasteiger partial charge in [-0.15, -0.1) is 11.3 Å². The zero-order valence-corrected chi connectivity index (χ0v) is 12.5. The van der Waals surface area contributed by atoms with Gasteiger partial charge in [-0.3, -0.25) is 4.79 Å². The van der Waals surface area contributed by atoms with E-state index in [1.54, 1.807) is 18.4 Å². The van der Waals surface area contributed by atoms with Gasteiger partial charge in [-0.05, 0) is 19.8 Å². The van der Waals surface area contributed by atoms with Gasteiger partial charge < -0.3 is 15.4 Å². The van der Waals surface area contributed by atoms with Gasteiger partial charge in [0.05, 0.1) is 17.3 Å². The average Bonchev–Trinajstić information content (AvgIpc) is 2.79. The molecule has 0 fully saturated rings.